The van der Waals surface area contributed by atoms with E-state index in [1.165, 1.54) is 23.9 Å². The van der Waals surface area contributed by atoms with E-state index in [9.17, 15) is 13.6 Å². The maximum absolute atomic E-state index is 12.1. The van der Waals surface area contributed by atoms with E-state index in [1.807, 2.05) is 6.92 Å². The molecule has 0 saturated carbocycles. The first-order chi connectivity index (χ1) is 10.5. The zero-order valence-electron chi connectivity index (χ0n) is 12.1. The first-order valence-electron chi connectivity index (χ1n) is 6.59. The lowest BCUT2D eigenvalue weighted by molar-refractivity contribution is -0.141. The van der Waals surface area contributed by atoms with Gasteiger partial charge in [0.05, 0.1) is 7.11 Å². The van der Waals surface area contributed by atoms with Crippen LogP contribution in [0.3, 0.4) is 0 Å². The van der Waals surface area contributed by atoms with Crippen molar-refractivity contribution in [1.29, 1.82) is 0 Å². The number of halogens is 2. The van der Waals surface area contributed by atoms with E-state index in [1.54, 1.807) is 12.1 Å². The van der Waals surface area contributed by atoms with Crippen molar-refractivity contribution in [3.63, 3.8) is 0 Å². The molecule has 0 aliphatic rings. The van der Waals surface area contributed by atoms with Gasteiger partial charge in [0.2, 0.25) is 0 Å². The smallest absolute Gasteiger partial charge is 0.387 e. The summed E-state index contributed by atoms with van der Waals surface area (Å²) in [7, 11) is 1.30. The highest BCUT2D eigenvalue weighted by molar-refractivity contribution is 5.69. The molecular weight excluding hydrogens is 296 g/mol. The molecule has 0 spiro atoms. The molecule has 118 valence electrons. The van der Waals surface area contributed by atoms with Crippen molar-refractivity contribution in [2.24, 2.45) is 0 Å². The zero-order chi connectivity index (χ0) is 16.1. The van der Waals surface area contributed by atoms with E-state index in [-0.39, 0.29) is 12.3 Å². The first-order valence-corrected chi connectivity index (χ1v) is 6.59. The van der Waals surface area contributed by atoms with Crippen molar-refractivity contribution in [3.05, 3.63) is 30.1 Å². The van der Waals surface area contributed by atoms with Gasteiger partial charge >= 0.3 is 12.6 Å². The lowest BCUT2D eigenvalue weighted by atomic mass is 10.2. The predicted octanol–water partition coefficient (Wildman–Crippen LogP) is 2.28. The molecule has 22 heavy (non-hydrogen) atoms. The van der Waals surface area contributed by atoms with Gasteiger partial charge in [-0.1, -0.05) is 6.92 Å². The molecule has 1 aromatic heterocycles. The largest absolute Gasteiger partial charge is 0.468 e. The van der Waals surface area contributed by atoms with Gasteiger partial charge in [0.25, 0.3) is 0 Å². The number of hydrogen-bond donors (Lipinski definition) is 0. The number of methoxy groups -OCH3 is 1. The Morgan fingerprint density at radius 3 is 2.55 bits per heavy atom. The summed E-state index contributed by atoms with van der Waals surface area (Å²) >= 11 is 0. The monoisotopic (exact) mass is 311 g/mol. The summed E-state index contributed by atoms with van der Waals surface area (Å²) < 4.78 is 34.6. The number of esters is 1. The van der Waals surface area contributed by atoms with Crippen LogP contribution < -0.4 is 4.74 Å². The minimum absolute atomic E-state index is 0.0285. The SMILES string of the molecule is CCc1nc(-c2ccc(OC(F)F)cc2)nn1CC(=O)OC. The molecular formula is C14H15F2N3O3. The molecule has 0 radical (unpaired) electrons. The average molecular weight is 311 g/mol. The Kier molecular flexibility index (Phi) is 5.03. The molecule has 0 unspecified atom stereocenters. The highest BCUT2D eigenvalue weighted by atomic mass is 19.3. The molecule has 0 aliphatic carbocycles. The lowest BCUT2D eigenvalue weighted by Gasteiger charge is -2.04. The zero-order valence-corrected chi connectivity index (χ0v) is 12.1. The molecule has 8 heteroatoms. The number of nitrogens with zero attached hydrogens (tertiary/aromatic N) is 3. The standard InChI is InChI=1S/C14H15F2N3O3/c1-3-11-17-13(18-19(11)8-12(20)21-2)9-4-6-10(7-5-9)22-14(15)16/h4-7,14H,3,8H2,1-2H3. The van der Waals surface area contributed by atoms with Crippen molar-refractivity contribution in [2.45, 2.75) is 26.5 Å². The normalized spacial score (nSPS) is 10.8. The van der Waals surface area contributed by atoms with Crippen LogP contribution in [0.5, 0.6) is 5.75 Å². The second kappa shape index (κ2) is 6.97. The van der Waals surface area contributed by atoms with Gasteiger partial charge in [0.15, 0.2) is 5.82 Å². The number of carbonyl (C=O) groups is 1. The van der Waals surface area contributed by atoms with Crippen molar-refractivity contribution in [3.8, 4) is 17.1 Å². The van der Waals surface area contributed by atoms with Gasteiger partial charge in [0.1, 0.15) is 18.1 Å². The predicted molar refractivity (Wildman–Crippen MR) is 73.5 cm³/mol. The van der Waals surface area contributed by atoms with Gasteiger partial charge in [-0.25, -0.2) is 9.67 Å². The molecule has 0 amide bonds. The van der Waals surface area contributed by atoms with E-state index in [4.69, 9.17) is 0 Å². The number of hydrogen-bond acceptors (Lipinski definition) is 5. The molecule has 0 fully saturated rings. The van der Waals surface area contributed by atoms with Crippen LogP contribution in [0.4, 0.5) is 8.78 Å². The second-order valence-corrected chi connectivity index (χ2v) is 4.34. The van der Waals surface area contributed by atoms with Gasteiger partial charge in [-0.3, -0.25) is 4.79 Å². The lowest BCUT2D eigenvalue weighted by Crippen LogP contribution is -2.15. The fraction of sp³-hybridized carbons (Fsp3) is 0.357. The Bertz CT molecular complexity index is 641. The molecule has 0 atom stereocenters. The summed E-state index contributed by atoms with van der Waals surface area (Å²) in [5.74, 6) is 0.674. The summed E-state index contributed by atoms with van der Waals surface area (Å²) in [6.07, 6.45) is 0.594. The Morgan fingerprint density at radius 1 is 1.32 bits per heavy atom. The highest BCUT2D eigenvalue weighted by Gasteiger charge is 2.13. The number of rotatable bonds is 6. The van der Waals surface area contributed by atoms with Crippen molar-refractivity contribution in [2.75, 3.05) is 7.11 Å². The van der Waals surface area contributed by atoms with Crippen LogP contribution in [0.25, 0.3) is 11.4 Å². The van der Waals surface area contributed by atoms with Crippen molar-refractivity contribution >= 4 is 5.97 Å². The molecule has 0 aliphatic heterocycles. The molecule has 0 N–H and O–H groups in total. The molecule has 2 rings (SSSR count). The minimum atomic E-state index is -2.87. The second-order valence-electron chi connectivity index (χ2n) is 4.34. The Hall–Kier alpha value is -2.51. The van der Waals surface area contributed by atoms with Crippen molar-refractivity contribution < 1.29 is 23.0 Å². The molecule has 1 heterocycles. The molecule has 1 aromatic carbocycles. The fourth-order valence-electron chi connectivity index (χ4n) is 1.86. The summed E-state index contributed by atoms with van der Waals surface area (Å²) in [6.45, 7) is -1.00. The van der Waals surface area contributed by atoms with E-state index < -0.39 is 12.6 Å². The maximum Gasteiger partial charge on any atom is 0.387 e. The van der Waals surface area contributed by atoms with E-state index >= 15 is 0 Å². The minimum Gasteiger partial charge on any atom is -0.468 e. The number of aromatic nitrogens is 3. The summed E-state index contributed by atoms with van der Waals surface area (Å²) in [5, 5.41) is 4.25. The Balaban J connectivity index is 2.23. The topological polar surface area (TPSA) is 66.2 Å². The molecule has 0 saturated heterocycles. The van der Waals surface area contributed by atoms with Gasteiger partial charge < -0.3 is 9.47 Å². The quantitative estimate of drug-likeness (QED) is 0.766. The van der Waals surface area contributed by atoms with Crippen LogP contribution in [0.2, 0.25) is 0 Å². The molecule has 0 bridgehead atoms. The number of benzene rings is 1. The van der Waals surface area contributed by atoms with E-state index in [0.29, 0.717) is 23.6 Å². The summed E-state index contributed by atoms with van der Waals surface area (Å²) in [4.78, 5) is 15.7. The van der Waals surface area contributed by atoms with Crippen LogP contribution in [0, 0.1) is 0 Å². The Labute approximate surface area is 125 Å². The summed E-state index contributed by atoms with van der Waals surface area (Å²) in [5.41, 5.74) is 0.639. The van der Waals surface area contributed by atoms with Crippen LogP contribution in [0.1, 0.15) is 12.7 Å². The van der Waals surface area contributed by atoms with Crippen LogP contribution in [-0.2, 0) is 22.5 Å². The average Bonchev–Trinajstić information content (AvgIpc) is 2.90. The molecule has 6 nitrogen and oxygen atoms in total. The number of alkyl halides is 2. The number of aryl methyl sites for hydroxylation is 1. The van der Waals surface area contributed by atoms with Crippen LogP contribution in [0.15, 0.2) is 24.3 Å². The third-order valence-corrected chi connectivity index (χ3v) is 2.91. The Morgan fingerprint density at radius 2 is 2.00 bits per heavy atom. The third kappa shape index (κ3) is 3.78. The third-order valence-electron chi connectivity index (χ3n) is 2.91. The van der Waals surface area contributed by atoms with Gasteiger partial charge in [0, 0.05) is 12.0 Å². The van der Waals surface area contributed by atoms with Crippen LogP contribution in [-0.4, -0.2) is 34.5 Å². The summed E-state index contributed by atoms with van der Waals surface area (Å²) in [6, 6.07) is 5.98. The van der Waals surface area contributed by atoms with Gasteiger partial charge in [-0.05, 0) is 24.3 Å². The number of carbonyl (C=O) groups excluding carboxylic acids is 1. The first kappa shape index (κ1) is 15.9. The van der Waals surface area contributed by atoms with E-state index in [0.717, 1.165) is 0 Å². The van der Waals surface area contributed by atoms with Crippen LogP contribution >= 0.6 is 0 Å². The molecule has 2 aromatic rings. The van der Waals surface area contributed by atoms with E-state index in [2.05, 4.69) is 19.6 Å². The fourth-order valence-corrected chi connectivity index (χ4v) is 1.86. The van der Waals surface area contributed by atoms with Gasteiger partial charge in [-0.2, -0.15) is 13.9 Å². The highest BCUT2D eigenvalue weighted by Crippen LogP contribution is 2.21. The van der Waals surface area contributed by atoms with Crippen molar-refractivity contribution in [1.82, 2.24) is 14.8 Å². The van der Waals surface area contributed by atoms with Gasteiger partial charge in [-0.15, -0.1) is 0 Å². The number of ether oxygens (including phenoxy) is 2. The maximum atomic E-state index is 12.1.